The fraction of sp³-hybridized carbons (Fsp3) is 0.500. The molecule has 0 amide bonds. The van der Waals surface area contributed by atoms with Crippen molar-refractivity contribution in [2.24, 2.45) is 5.73 Å². The van der Waals surface area contributed by atoms with E-state index in [4.69, 9.17) is 10.8 Å². The SMILES string of the molecule is Cc1cnccc1[C@H](N)CCCO. The average molecular weight is 180 g/mol. The van der Waals surface area contributed by atoms with Gasteiger partial charge in [0, 0.05) is 25.0 Å². The molecular formula is C10H16N2O. The number of aromatic nitrogens is 1. The van der Waals surface area contributed by atoms with Crippen LogP contribution in [0.3, 0.4) is 0 Å². The van der Waals surface area contributed by atoms with Crippen molar-refractivity contribution < 1.29 is 5.11 Å². The van der Waals surface area contributed by atoms with Crippen LogP contribution in [0.15, 0.2) is 18.5 Å². The van der Waals surface area contributed by atoms with Gasteiger partial charge in [0.2, 0.25) is 0 Å². The minimum absolute atomic E-state index is 0.0233. The lowest BCUT2D eigenvalue weighted by molar-refractivity contribution is 0.280. The summed E-state index contributed by atoms with van der Waals surface area (Å²) in [5, 5.41) is 8.66. The molecule has 72 valence electrons. The highest BCUT2D eigenvalue weighted by molar-refractivity contribution is 5.24. The second-order valence-electron chi connectivity index (χ2n) is 3.20. The molecule has 0 spiro atoms. The van der Waals surface area contributed by atoms with Crippen molar-refractivity contribution in [3.63, 3.8) is 0 Å². The zero-order valence-corrected chi connectivity index (χ0v) is 7.90. The van der Waals surface area contributed by atoms with Gasteiger partial charge < -0.3 is 10.8 Å². The molecule has 1 rings (SSSR count). The maximum atomic E-state index is 8.66. The van der Waals surface area contributed by atoms with Gasteiger partial charge in [0.15, 0.2) is 0 Å². The molecule has 1 aromatic rings. The van der Waals surface area contributed by atoms with E-state index in [1.165, 1.54) is 0 Å². The third-order valence-electron chi connectivity index (χ3n) is 2.14. The van der Waals surface area contributed by atoms with Crippen molar-refractivity contribution in [3.05, 3.63) is 29.6 Å². The molecule has 1 aromatic heterocycles. The first-order chi connectivity index (χ1) is 6.25. The van der Waals surface area contributed by atoms with Crippen molar-refractivity contribution >= 4 is 0 Å². The number of aliphatic hydroxyl groups is 1. The Morgan fingerprint density at radius 2 is 2.38 bits per heavy atom. The molecule has 1 atom stereocenters. The van der Waals surface area contributed by atoms with Crippen molar-refractivity contribution in [2.45, 2.75) is 25.8 Å². The molecule has 0 saturated carbocycles. The molecule has 0 bridgehead atoms. The molecule has 3 heteroatoms. The summed E-state index contributed by atoms with van der Waals surface area (Å²) in [5.41, 5.74) is 8.19. The largest absolute Gasteiger partial charge is 0.396 e. The van der Waals surface area contributed by atoms with Gasteiger partial charge in [-0.25, -0.2) is 0 Å². The van der Waals surface area contributed by atoms with Crippen LogP contribution in [0.5, 0.6) is 0 Å². The summed E-state index contributed by atoms with van der Waals surface area (Å²) in [4.78, 5) is 4.00. The summed E-state index contributed by atoms with van der Waals surface area (Å²) in [6.07, 6.45) is 5.14. The number of hydrogen-bond donors (Lipinski definition) is 2. The predicted octanol–water partition coefficient (Wildman–Crippen LogP) is 1.16. The Hall–Kier alpha value is -0.930. The first-order valence-electron chi connectivity index (χ1n) is 4.52. The Morgan fingerprint density at radius 3 is 3.00 bits per heavy atom. The Bertz CT molecular complexity index is 263. The highest BCUT2D eigenvalue weighted by atomic mass is 16.2. The second-order valence-corrected chi connectivity index (χ2v) is 3.20. The van der Waals surface area contributed by atoms with E-state index in [9.17, 15) is 0 Å². The Kier molecular flexibility index (Phi) is 3.86. The lowest BCUT2D eigenvalue weighted by atomic mass is 10.0. The van der Waals surface area contributed by atoms with Gasteiger partial charge in [0.1, 0.15) is 0 Å². The van der Waals surface area contributed by atoms with Crippen molar-refractivity contribution in [1.82, 2.24) is 4.98 Å². The molecule has 0 aliphatic heterocycles. The summed E-state index contributed by atoms with van der Waals surface area (Å²) in [6.45, 7) is 2.21. The molecule has 0 saturated heterocycles. The monoisotopic (exact) mass is 180 g/mol. The van der Waals surface area contributed by atoms with Crippen LogP contribution in [-0.4, -0.2) is 16.7 Å². The molecule has 0 unspecified atom stereocenters. The van der Waals surface area contributed by atoms with Crippen LogP contribution in [-0.2, 0) is 0 Å². The maximum absolute atomic E-state index is 8.66. The van der Waals surface area contributed by atoms with E-state index in [0.717, 1.165) is 24.0 Å². The van der Waals surface area contributed by atoms with Gasteiger partial charge in [-0.2, -0.15) is 0 Å². The summed E-state index contributed by atoms with van der Waals surface area (Å²) in [5.74, 6) is 0. The number of aryl methyl sites for hydroxylation is 1. The number of nitrogens with two attached hydrogens (primary N) is 1. The molecule has 13 heavy (non-hydrogen) atoms. The number of hydrogen-bond acceptors (Lipinski definition) is 3. The molecule has 0 aromatic carbocycles. The van der Waals surface area contributed by atoms with Crippen LogP contribution in [0.25, 0.3) is 0 Å². The van der Waals surface area contributed by atoms with Gasteiger partial charge in [0.25, 0.3) is 0 Å². The van der Waals surface area contributed by atoms with Crippen molar-refractivity contribution in [1.29, 1.82) is 0 Å². The van der Waals surface area contributed by atoms with Gasteiger partial charge in [-0.15, -0.1) is 0 Å². The molecule has 1 heterocycles. The third kappa shape index (κ3) is 2.79. The van der Waals surface area contributed by atoms with E-state index in [1.54, 1.807) is 6.20 Å². The zero-order valence-electron chi connectivity index (χ0n) is 7.90. The van der Waals surface area contributed by atoms with Gasteiger partial charge in [-0.1, -0.05) is 0 Å². The van der Waals surface area contributed by atoms with Gasteiger partial charge in [-0.05, 0) is 37.0 Å². The van der Waals surface area contributed by atoms with Crippen LogP contribution in [0, 0.1) is 6.92 Å². The maximum Gasteiger partial charge on any atom is 0.0431 e. The third-order valence-corrected chi connectivity index (χ3v) is 2.14. The van der Waals surface area contributed by atoms with E-state index in [2.05, 4.69) is 4.98 Å². The summed E-state index contributed by atoms with van der Waals surface area (Å²) >= 11 is 0. The lowest BCUT2D eigenvalue weighted by Gasteiger charge is -2.13. The lowest BCUT2D eigenvalue weighted by Crippen LogP contribution is -2.12. The summed E-state index contributed by atoms with van der Waals surface area (Å²) in [7, 11) is 0. The van der Waals surface area contributed by atoms with Crippen LogP contribution < -0.4 is 5.73 Å². The molecule has 0 aliphatic rings. The normalized spacial score (nSPS) is 12.8. The second kappa shape index (κ2) is 4.94. The summed E-state index contributed by atoms with van der Waals surface area (Å²) < 4.78 is 0. The fourth-order valence-electron chi connectivity index (χ4n) is 1.37. The molecule has 0 aliphatic carbocycles. The highest BCUT2D eigenvalue weighted by Gasteiger charge is 2.07. The van der Waals surface area contributed by atoms with Crippen LogP contribution in [0.2, 0.25) is 0 Å². The van der Waals surface area contributed by atoms with E-state index >= 15 is 0 Å². The Morgan fingerprint density at radius 1 is 1.62 bits per heavy atom. The quantitative estimate of drug-likeness (QED) is 0.731. The first-order valence-corrected chi connectivity index (χ1v) is 4.52. The van der Waals surface area contributed by atoms with E-state index in [-0.39, 0.29) is 12.6 Å². The number of pyridine rings is 1. The van der Waals surface area contributed by atoms with Gasteiger partial charge >= 0.3 is 0 Å². The van der Waals surface area contributed by atoms with E-state index < -0.39 is 0 Å². The van der Waals surface area contributed by atoms with E-state index in [1.807, 2.05) is 19.2 Å². The molecule has 3 N–H and O–H groups in total. The minimum atomic E-state index is 0.0233. The molecule has 0 radical (unpaired) electrons. The van der Waals surface area contributed by atoms with Crippen LogP contribution >= 0.6 is 0 Å². The Balaban J connectivity index is 2.65. The topological polar surface area (TPSA) is 59.1 Å². The van der Waals surface area contributed by atoms with Gasteiger partial charge in [0.05, 0.1) is 0 Å². The molecule has 0 fully saturated rings. The molecule has 3 nitrogen and oxygen atoms in total. The number of nitrogens with zero attached hydrogens (tertiary/aromatic N) is 1. The van der Waals surface area contributed by atoms with Crippen LogP contribution in [0.1, 0.15) is 30.0 Å². The standard InChI is InChI=1S/C10H16N2O/c1-8-7-12-5-4-9(8)10(11)3-2-6-13/h4-5,7,10,13H,2-3,6,11H2,1H3/t10-/m1/s1. The Labute approximate surface area is 78.6 Å². The smallest absolute Gasteiger partial charge is 0.0431 e. The zero-order chi connectivity index (χ0) is 9.68. The van der Waals surface area contributed by atoms with Crippen molar-refractivity contribution in [2.75, 3.05) is 6.61 Å². The highest BCUT2D eigenvalue weighted by Crippen LogP contribution is 2.17. The average Bonchev–Trinajstić information content (AvgIpc) is 2.15. The van der Waals surface area contributed by atoms with E-state index in [0.29, 0.717) is 0 Å². The first kappa shape index (κ1) is 10.2. The number of rotatable bonds is 4. The molecular weight excluding hydrogens is 164 g/mol. The minimum Gasteiger partial charge on any atom is -0.396 e. The number of aliphatic hydroxyl groups excluding tert-OH is 1. The summed E-state index contributed by atoms with van der Waals surface area (Å²) in [6, 6.07) is 1.97. The van der Waals surface area contributed by atoms with Gasteiger partial charge in [-0.3, -0.25) is 4.98 Å². The van der Waals surface area contributed by atoms with Crippen LogP contribution in [0.4, 0.5) is 0 Å². The fourth-order valence-corrected chi connectivity index (χ4v) is 1.37. The van der Waals surface area contributed by atoms with Crippen molar-refractivity contribution in [3.8, 4) is 0 Å². The predicted molar refractivity (Wildman–Crippen MR) is 52.2 cm³/mol.